The van der Waals surface area contributed by atoms with Crippen LogP contribution in [-0.2, 0) is 0 Å². The fourth-order valence-electron chi connectivity index (χ4n) is 1.62. The number of nitrogens with zero attached hydrogens (tertiary/aromatic N) is 1. The van der Waals surface area contributed by atoms with Gasteiger partial charge in [0.2, 0.25) is 5.95 Å². The highest BCUT2D eigenvalue weighted by atomic mass is 19.1. The Morgan fingerprint density at radius 3 is 2.71 bits per heavy atom. The van der Waals surface area contributed by atoms with Gasteiger partial charge in [-0.2, -0.15) is 4.39 Å². The van der Waals surface area contributed by atoms with Gasteiger partial charge >= 0.3 is 5.97 Å². The van der Waals surface area contributed by atoms with Gasteiger partial charge in [-0.15, -0.1) is 0 Å². The van der Waals surface area contributed by atoms with Crippen molar-refractivity contribution >= 4 is 16.9 Å². The molecule has 5 heteroatoms. The van der Waals surface area contributed by atoms with E-state index in [0.29, 0.717) is 16.5 Å². The lowest BCUT2D eigenvalue weighted by atomic mass is 10.1. The minimum atomic E-state index is -0.813. The molecule has 2 aromatic rings. The lowest BCUT2D eigenvalue weighted by molar-refractivity contribution is 0.0696. The molecule has 2 N–H and O–H groups in total. The number of rotatable bonds is 2. The van der Waals surface area contributed by atoms with E-state index in [1.165, 1.54) is 19.2 Å². The van der Waals surface area contributed by atoms with Gasteiger partial charge in [-0.1, -0.05) is 0 Å². The number of ether oxygens (including phenoxy) is 1. The molecule has 4 nitrogen and oxygen atoms in total. The van der Waals surface area contributed by atoms with Gasteiger partial charge < -0.3 is 9.84 Å². The number of methoxy groups -OCH3 is 1. The molecule has 0 aliphatic carbocycles. The molecule has 0 aliphatic rings. The number of aromatic nitrogens is 1. The molecule has 1 aromatic carbocycles. The second kappa shape index (κ2) is 4.01. The van der Waals surface area contributed by atoms with Crippen LogP contribution in [0, 0.1) is 12.9 Å². The second-order valence-corrected chi connectivity index (χ2v) is 3.68. The summed E-state index contributed by atoms with van der Waals surface area (Å²) < 4.78 is 18.4. The Bertz CT molecular complexity index is 610. The molecule has 1 heterocycles. The van der Waals surface area contributed by atoms with E-state index in [0.717, 1.165) is 0 Å². The highest BCUT2D eigenvalue weighted by Crippen LogP contribution is 2.27. The second-order valence-electron chi connectivity index (χ2n) is 3.68. The van der Waals surface area contributed by atoms with Gasteiger partial charge in [-0.25, -0.2) is 4.98 Å². The number of aryl methyl sites for hydroxylation is 1. The first-order chi connectivity index (χ1) is 8.02. The van der Waals surface area contributed by atoms with Crippen LogP contribution in [0.1, 0.15) is 15.9 Å². The number of hydrogen-bond donors (Lipinski definition) is 0. The largest absolute Gasteiger partial charge is 0.561 e. The minimum Gasteiger partial charge on any atom is -0.561 e. The maximum atomic E-state index is 13.4. The zero-order chi connectivity index (χ0) is 12.6. The van der Waals surface area contributed by atoms with E-state index in [9.17, 15) is 9.18 Å². The monoisotopic (exact) mass is 236 g/mol. The summed E-state index contributed by atoms with van der Waals surface area (Å²) in [4.78, 5) is 14.8. The number of hydrogen-bond acceptors (Lipinski definition) is 3. The summed E-state index contributed by atoms with van der Waals surface area (Å²) in [5.41, 5.74) is 0.928. The molecule has 0 aliphatic heterocycles. The van der Waals surface area contributed by atoms with Crippen molar-refractivity contribution in [2.75, 3.05) is 7.11 Å². The van der Waals surface area contributed by atoms with Gasteiger partial charge in [0.05, 0.1) is 7.11 Å². The Kier molecular flexibility index (Phi) is 2.67. The SMILES string of the molecule is COc1cc(C(=O)[OH2+])cc2cc(C)c(F)nc12. The number of carbonyl (C=O) groups excluding carboxylic acids is 1. The normalized spacial score (nSPS) is 10.5. The minimum absolute atomic E-state index is 0.196. The van der Waals surface area contributed by atoms with Crippen LogP contribution in [-0.4, -0.2) is 23.2 Å². The van der Waals surface area contributed by atoms with Gasteiger partial charge in [0.1, 0.15) is 16.8 Å². The summed E-state index contributed by atoms with van der Waals surface area (Å²) in [6.07, 6.45) is 0. The maximum absolute atomic E-state index is 13.4. The first-order valence-corrected chi connectivity index (χ1v) is 4.93. The van der Waals surface area contributed by atoms with E-state index in [1.54, 1.807) is 13.0 Å². The van der Waals surface area contributed by atoms with Crippen molar-refractivity contribution < 1.29 is 19.0 Å². The van der Waals surface area contributed by atoms with Crippen LogP contribution >= 0.6 is 0 Å². The summed E-state index contributed by atoms with van der Waals surface area (Å²) in [6, 6.07) is 4.47. The standard InChI is InChI=1S/C12H10FNO3/c1-6-3-7-4-8(12(15)16)5-9(17-2)10(7)14-11(6)13/h3-5H,1-2H3,(H,15,16)/p+1. The molecule has 0 saturated heterocycles. The van der Waals surface area contributed by atoms with Crippen LogP contribution in [0.5, 0.6) is 5.75 Å². The van der Waals surface area contributed by atoms with E-state index in [-0.39, 0.29) is 11.3 Å². The Labute approximate surface area is 96.7 Å². The molecule has 1 aromatic heterocycles. The van der Waals surface area contributed by atoms with Gasteiger partial charge in [-0.05, 0) is 19.1 Å². The lowest BCUT2D eigenvalue weighted by Gasteiger charge is -2.06. The highest BCUT2D eigenvalue weighted by molar-refractivity contribution is 5.96. The number of pyridine rings is 1. The zero-order valence-electron chi connectivity index (χ0n) is 9.37. The molecule has 0 saturated carbocycles. The summed E-state index contributed by atoms with van der Waals surface area (Å²) in [7, 11) is 1.41. The van der Waals surface area contributed by atoms with Crippen LogP contribution in [0.3, 0.4) is 0 Å². The van der Waals surface area contributed by atoms with E-state index in [4.69, 9.17) is 9.84 Å². The quantitative estimate of drug-likeness (QED) is 0.587. The first-order valence-electron chi connectivity index (χ1n) is 4.93. The highest BCUT2D eigenvalue weighted by Gasteiger charge is 2.16. The third-order valence-electron chi connectivity index (χ3n) is 2.49. The van der Waals surface area contributed by atoms with Gasteiger partial charge in [-0.3, -0.25) is 0 Å². The summed E-state index contributed by atoms with van der Waals surface area (Å²) in [5, 5.41) is 7.65. The number of halogens is 1. The smallest absolute Gasteiger partial charge is 0.549 e. The molecule has 0 spiro atoms. The van der Waals surface area contributed by atoms with E-state index >= 15 is 0 Å². The number of benzene rings is 1. The van der Waals surface area contributed by atoms with Gasteiger partial charge in [0.25, 0.3) is 0 Å². The van der Waals surface area contributed by atoms with Crippen LogP contribution in [0.15, 0.2) is 18.2 Å². The molecule has 0 unspecified atom stereocenters. The fourth-order valence-corrected chi connectivity index (χ4v) is 1.62. The molecular weight excluding hydrogens is 225 g/mol. The first kappa shape index (κ1) is 11.3. The number of fused-ring (bicyclic) bond motifs is 1. The van der Waals surface area contributed by atoms with E-state index < -0.39 is 11.9 Å². The maximum Gasteiger partial charge on any atom is 0.549 e. The molecule has 0 fully saturated rings. The zero-order valence-corrected chi connectivity index (χ0v) is 9.37. The van der Waals surface area contributed by atoms with Crippen molar-refractivity contribution in [2.45, 2.75) is 6.92 Å². The average Bonchev–Trinajstić information content (AvgIpc) is 2.29. The topological polar surface area (TPSA) is 62.1 Å². The molecule has 0 bridgehead atoms. The molecule has 17 heavy (non-hydrogen) atoms. The van der Waals surface area contributed by atoms with Crippen molar-refractivity contribution in [1.82, 2.24) is 4.98 Å². The Balaban J connectivity index is 2.82. The Morgan fingerprint density at radius 1 is 1.41 bits per heavy atom. The third kappa shape index (κ3) is 1.91. The Morgan fingerprint density at radius 2 is 2.12 bits per heavy atom. The fraction of sp³-hybridized carbons (Fsp3) is 0.167. The van der Waals surface area contributed by atoms with Crippen molar-refractivity contribution in [3.05, 3.63) is 35.3 Å². The summed E-state index contributed by atoms with van der Waals surface area (Å²) >= 11 is 0. The summed E-state index contributed by atoms with van der Waals surface area (Å²) in [6.45, 7) is 1.59. The van der Waals surface area contributed by atoms with Crippen molar-refractivity contribution in [1.29, 1.82) is 0 Å². The van der Waals surface area contributed by atoms with Crippen LogP contribution in [0.25, 0.3) is 10.9 Å². The van der Waals surface area contributed by atoms with Gasteiger partial charge in [0.15, 0.2) is 0 Å². The van der Waals surface area contributed by atoms with E-state index in [1.807, 2.05) is 0 Å². The third-order valence-corrected chi connectivity index (χ3v) is 2.49. The predicted octanol–water partition coefficient (Wildman–Crippen LogP) is 1.56. The average molecular weight is 236 g/mol. The summed E-state index contributed by atoms with van der Waals surface area (Å²) in [5.74, 6) is -1.09. The van der Waals surface area contributed by atoms with Crippen LogP contribution < -0.4 is 4.74 Å². The molecule has 0 atom stereocenters. The van der Waals surface area contributed by atoms with Crippen molar-refractivity contribution in [3.63, 3.8) is 0 Å². The molecule has 0 amide bonds. The van der Waals surface area contributed by atoms with Crippen LogP contribution in [0.4, 0.5) is 4.39 Å². The Hall–Kier alpha value is -2.17. The van der Waals surface area contributed by atoms with E-state index in [2.05, 4.69) is 4.98 Å². The van der Waals surface area contributed by atoms with Crippen LogP contribution in [0.2, 0.25) is 0 Å². The van der Waals surface area contributed by atoms with Gasteiger partial charge in [0, 0.05) is 21.8 Å². The molecule has 0 radical (unpaired) electrons. The molecule has 88 valence electrons. The van der Waals surface area contributed by atoms with Crippen molar-refractivity contribution in [3.8, 4) is 5.75 Å². The lowest BCUT2D eigenvalue weighted by Crippen LogP contribution is -2.00. The molecular formula is C12H11FNO3+. The van der Waals surface area contributed by atoms with Crippen molar-refractivity contribution in [2.24, 2.45) is 0 Å². The predicted molar refractivity (Wildman–Crippen MR) is 60.9 cm³/mol. The molecule has 2 rings (SSSR count). The number of carbonyl (C=O) groups is 1.